The number of carbonyl (C=O) groups is 5. The van der Waals surface area contributed by atoms with Crippen molar-refractivity contribution >= 4 is 29.7 Å². The molecule has 0 rings (SSSR count). The second-order valence-corrected chi connectivity index (χ2v) is 10.3. The minimum atomic E-state index is -1.17. The van der Waals surface area contributed by atoms with E-state index in [0.29, 0.717) is 32.2 Å². The van der Waals surface area contributed by atoms with Crippen LogP contribution in [0.2, 0.25) is 0 Å². The third-order valence-electron chi connectivity index (χ3n) is 6.67. The monoisotopic (exact) mass is 557 g/mol. The third-order valence-corrected chi connectivity index (χ3v) is 6.67. The van der Waals surface area contributed by atoms with Crippen LogP contribution >= 0.6 is 0 Å². The number of hydrogen-bond donors (Lipinski definition) is 6. The highest BCUT2D eigenvalue weighted by atomic mass is 16.4. The molecule has 0 bridgehead atoms. The summed E-state index contributed by atoms with van der Waals surface area (Å²) in [6, 6.07) is -2.02. The van der Waals surface area contributed by atoms with E-state index in [-0.39, 0.29) is 37.5 Å². The number of rotatable bonds is 27. The zero-order valence-electron chi connectivity index (χ0n) is 23.5. The first kappa shape index (κ1) is 36.3. The molecule has 0 saturated carbocycles. The first-order valence-electron chi connectivity index (χ1n) is 14.6. The molecule has 11 heteroatoms. The lowest BCUT2D eigenvalue weighted by atomic mass is 10.0. The largest absolute Gasteiger partial charge is 0.481 e. The third kappa shape index (κ3) is 24.1. The van der Waals surface area contributed by atoms with E-state index in [1.165, 1.54) is 38.5 Å². The van der Waals surface area contributed by atoms with Gasteiger partial charge in [0.25, 0.3) is 0 Å². The molecule has 0 aliphatic rings. The van der Waals surface area contributed by atoms with E-state index in [4.69, 9.17) is 15.9 Å². The summed E-state index contributed by atoms with van der Waals surface area (Å²) in [7, 11) is 0. The summed E-state index contributed by atoms with van der Waals surface area (Å²) >= 11 is 0. The zero-order chi connectivity index (χ0) is 29.3. The molecule has 226 valence electrons. The molecule has 0 aliphatic carbocycles. The molecule has 0 aliphatic heterocycles. The van der Waals surface area contributed by atoms with Gasteiger partial charge in [0.2, 0.25) is 11.8 Å². The van der Waals surface area contributed by atoms with Gasteiger partial charge in [-0.25, -0.2) is 4.79 Å². The minimum Gasteiger partial charge on any atom is -0.481 e. The standard InChI is InChI=1S/C28H51N3O8/c29-22(27(36)37)16-14-15-21-30-24(32)20-19-23(28(38)39)31-25(33)17-12-10-8-6-4-2-1-3-5-7-9-11-13-18-26(34)35/h22-23H,1-21,29H2,(H,30,32)(H,31,33)(H,34,35)(H,36,37)(H,38,39)/t22-,23-/m0/s1. The molecule has 0 fully saturated rings. The van der Waals surface area contributed by atoms with Gasteiger partial charge >= 0.3 is 17.9 Å². The maximum atomic E-state index is 12.1. The molecule has 39 heavy (non-hydrogen) atoms. The van der Waals surface area contributed by atoms with Crippen LogP contribution in [-0.2, 0) is 24.0 Å². The van der Waals surface area contributed by atoms with Crippen molar-refractivity contribution in [3.8, 4) is 0 Å². The molecule has 0 radical (unpaired) electrons. The SMILES string of the molecule is N[C@@H](CCCCNC(=O)CC[C@H](NC(=O)CCCCCCCCCCCCCCCC(=O)O)C(=O)O)C(=O)O. The van der Waals surface area contributed by atoms with Crippen molar-refractivity contribution in [2.24, 2.45) is 5.73 Å². The fourth-order valence-electron chi connectivity index (χ4n) is 4.23. The first-order valence-corrected chi connectivity index (χ1v) is 14.6. The average Bonchev–Trinajstić information content (AvgIpc) is 2.87. The summed E-state index contributed by atoms with van der Waals surface area (Å²) in [4.78, 5) is 56.7. The molecule has 0 spiro atoms. The van der Waals surface area contributed by atoms with E-state index in [0.717, 1.165) is 38.5 Å². The molecule has 0 aromatic heterocycles. The van der Waals surface area contributed by atoms with Crippen molar-refractivity contribution in [1.29, 1.82) is 0 Å². The first-order chi connectivity index (χ1) is 18.6. The van der Waals surface area contributed by atoms with Gasteiger partial charge in [0.15, 0.2) is 0 Å². The van der Waals surface area contributed by atoms with Gasteiger partial charge in [-0.15, -0.1) is 0 Å². The van der Waals surface area contributed by atoms with Gasteiger partial charge in [0.05, 0.1) is 0 Å². The predicted octanol–water partition coefficient (Wildman–Crippen LogP) is 3.97. The van der Waals surface area contributed by atoms with Gasteiger partial charge in [-0.1, -0.05) is 70.6 Å². The highest BCUT2D eigenvalue weighted by Gasteiger charge is 2.20. The number of nitrogens with one attached hydrogen (secondary N) is 2. The number of hydrogen-bond acceptors (Lipinski definition) is 6. The van der Waals surface area contributed by atoms with E-state index in [2.05, 4.69) is 10.6 Å². The van der Waals surface area contributed by atoms with Crippen molar-refractivity contribution < 1.29 is 39.3 Å². The molecule has 11 nitrogen and oxygen atoms in total. The Balaban J connectivity index is 3.72. The van der Waals surface area contributed by atoms with Crippen LogP contribution in [0.25, 0.3) is 0 Å². The van der Waals surface area contributed by atoms with Crippen LogP contribution < -0.4 is 16.4 Å². The van der Waals surface area contributed by atoms with E-state index >= 15 is 0 Å². The molecular weight excluding hydrogens is 506 g/mol. The van der Waals surface area contributed by atoms with Crippen molar-refractivity contribution in [3.63, 3.8) is 0 Å². The Morgan fingerprint density at radius 3 is 1.49 bits per heavy atom. The zero-order valence-corrected chi connectivity index (χ0v) is 23.5. The minimum absolute atomic E-state index is 0.00151. The Bertz CT molecular complexity index is 717. The van der Waals surface area contributed by atoms with Crippen molar-refractivity contribution in [1.82, 2.24) is 10.6 Å². The Morgan fingerprint density at radius 2 is 1.03 bits per heavy atom. The predicted molar refractivity (Wildman–Crippen MR) is 148 cm³/mol. The molecule has 7 N–H and O–H groups in total. The molecule has 0 unspecified atom stereocenters. The lowest BCUT2D eigenvalue weighted by Gasteiger charge is -2.14. The highest BCUT2D eigenvalue weighted by molar-refractivity contribution is 5.84. The van der Waals surface area contributed by atoms with Gasteiger partial charge < -0.3 is 31.7 Å². The van der Waals surface area contributed by atoms with Crippen LogP contribution in [0, 0.1) is 0 Å². The van der Waals surface area contributed by atoms with E-state index in [1.807, 2.05) is 0 Å². The maximum absolute atomic E-state index is 12.1. The van der Waals surface area contributed by atoms with Gasteiger partial charge in [0, 0.05) is 25.8 Å². The normalized spacial score (nSPS) is 12.4. The lowest BCUT2D eigenvalue weighted by Crippen LogP contribution is -2.41. The quantitative estimate of drug-likeness (QED) is 0.0809. The topological polar surface area (TPSA) is 196 Å². The molecule has 2 atom stereocenters. The summed E-state index contributed by atoms with van der Waals surface area (Å²) < 4.78 is 0. The number of nitrogens with two attached hydrogens (primary N) is 1. The number of carbonyl (C=O) groups excluding carboxylic acids is 2. The van der Waals surface area contributed by atoms with Gasteiger partial charge in [0.1, 0.15) is 12.1 Å². The van der Waals surface area contributed by atoms with Gasteiger partial charge in [-0.05, 0) is 38.5 Å². The van der Waals surface area contributed by atoms with Crippen molar-refractivity contribution in [2.75, 3.05) is 6.54 Å². The van der Waals surface area contributed by atoms with Crippen LogP contribution in [0.1, 0.15) is 128 Å². The summed E-state index contributed by atoms with van der Waals surface area (Å²) in [6.07, 6.45) is 15.8. The van der Waals surface area contributed by atoms with E-state index < -0.39 is 30.0 Å². The van der Waals surface area contributed by atoms with Gasteiger partial charge in [-0.3, -0.25) is 19.2 Å². The Morgan fingerprint density at radius 1 is 0.538 bits per heavy atom. The van der Waals surface area contributed by atoms with E-state index in [9.17, 15) is 29.1 Å². The highest BCUT2D eigenvalue weighted by Crippen LogP contribution is 2.13. The summed E-state index contributed by atoms with van der Waals surface area (Å²) in [5.41, 5.74) is 5.41. The summed E-state index contributed by atoms with van der Waals surface area (Å²) in [6.45, 7) is 0.354. The Labute approximate surface area is 232 Å². The van der Waals surface area contributed by atoms with Gasteiger partial charge in [-0.2, -0.15) is 0 Å². The molecule has 0 saturated heterocycles. The fourth-order valence-corrected chi connectivity index (χ4v) is 4.23. The molecule has 0 aromatic rings. The fraction of sp³-hybridized carbons (Fsp3) is 0.821. The molecule has 0 heterocycles. The summed E-state index contributed by atoms with van der Waals surface area (Å²) in [5.74, 6) is -3.57. The second-order valence-electron chi connectivity index (χ2n) is 10.3. The molecule has 0 aromatic carbocycles. The Hall–Kier alpha value is -2.69. The Kier molecular flexibility index (Phi) is 22.7. The van der Waals surface area contributed by atoms with Crippen LogP contribution in [-0.4, -0.2) is 63.7 Å². The number of unbranched alkanes of at least 4 members (excludes halogenated alkanes) is 13. The molecular formula is C28H51N3O8. The van der Waals surface area contributed by atoms with Crippen LogP contribution in [0.15, 0.2) is 0 Å². The number of carboxylic acids is 3. The number of carboxylic acid groups (broad SMARTS) is 3. The van der Waals surface area contributed by atoms with Crippen molar-refractivity contribution in [2.45, 2.75) is 141 Å². The van der Waals surface area contributed by atoms with Crippen LogP contribution in [0.4, 0.5) is 0 Å². The number of aliphatic carboxylic acids is 3. The molecule has 2 amide bonds. The van der Waals surface area contributed by atoms with Crippen molar-refractivity contribution in [3.05, 3.63) is 0 Å². The second kappa shape index (κ2) is 24.4. The van der Waals surface area contributed by atoms with Crippen LogP contribution in [0.5, 0.6) is 0 Å². The van der Waals surface area contributed by atoms with Crippen LogP contribution in [0.3, 0.4) is 0 Å². The smallest absolute Gasteiger partial charge is 0.326 e. The maximum Gasteiger partial charge on any atom is 0.326 e. The van der Waals surface area contributed by atoms with E-state index in [1.54, 1.807) is 0 Å². The summed E-state index contributed by atoms with van der Waals surface area (Å²) in [5, 5.41) is 31.9. The average molecular weight is 558 g/mol. The number of amides is 2. The lowest BCUT2D eigenvalue weighted by molar-refractivity contribution is -0.142.